The van der Waals surface area contributed by atoms with Gasteiger partial charge in [-0.3, -0.25) is 4.79 Å². The van der Waals surface area contributed by atoms with Gasteiger partial charge in [-0.15, -0.1) is 0 Å². The third kappa shape index (κ3) is 2.99. The van der Waals surface area contributed by atoms with E-state index in [-0.39, 0.29) is 0 Å². The number of carbonyl (C=O) groups is 1. The maximum absolute atomic E-state index is 11.3. The molecular weight excluding hydrogens is 243 g/mol. The predicted molar refractivity (Wildman–Crippen MR) is 67.1 cm³/mol. The molecule has 3 heteroatoms. The van der Waals surface area contributed by atoms with E-state index in [4.69, 9.17) is 23.2 Å². The van der Waals surface area contributed by atoms with Crippen molar-refractivity contribution < 1.29 is 4.79 Å². The van der Waals surface area contributed by atoms with Crippen LogP contribution in [0.2, 0.25) is 10.0 Å². The van der Waals surface area contributed by atoms with Crippen molar-refractivity contribution in [1.82, 2.24) is 0 Å². The molecule has 1 aliphatic rings. The molecule has 86 valence electrons. The van der Waals surface area contributed by atoms with Crippen molar-refractivity contribution in [3.05, 3.63) is 33.8 Å². The van der Waals surface area contributed by atoms with Crippen molar-refractivity contribution in [2.24, 2.45) is 5.92 Å². The molecule has 0 saturated heterocycles. The molecule has 16 heavy (non-hydrogen) atoms. The first kappa shape index (κ1) is 11.9. The zero-order chi connectivity index (χ0) is 11.5. The molecule has 0 aromatic heterocycles. The highest BCUT2D eigenvalue weighted by Gasteiger charge is 2.20. The van der Waals surface area contributed by atoms with Gasteiger partial charge in [-0.25, -0.2) is 0 Å². The summed E-state index contributed by atoms with van der Waals surface area (Å²) in [6, 6.07) is 5.58. The van der Waals surface area contributed by atoms with Gasteiger partial charge in [0.25, 0.3) is 0 Å². The summed E-state index contributed by atoms with van der Waals surface area (Å²) in [4.78, 5) is 11.3. The van der Waals surface area contributed by atoms with Crippen molar-refractivity contribution in [3.8, 4) is 0 Å². The number of benzene rings is 1. The first-order chi connectivity index (χ1) is 7.65. The van der Waals surface area contributed by atoms with Crippen molar-refractivity contribution in [2.45, 2.75) is 32.1 Å². The minimum Gasteiger partial charge on any atom is -0.300 e. The summed E-state index contributed by atoms with van der Waals surface area (Å²) in [7, 11) is 0. The summed E-state index contributed by atoms with van der Waals surface area (Å²) in [5, 5.41) is 1.37. The molecule has 1 unspecified atom stereocenters. The second-order valence-corrected chi connectivity index (χ2v) is 5.28. The van der Waals surface area contributed by atoms with Crippen LogP contribution in [0.15, 0.2) is 18.2 Å². The predicted octanol–water partition coefficient (Wildman–Crippen LogP) is 4.30. The summed E-state index contributed by atoms with van der Waals surface area (Å²) in [5.74, 6) is 0.848. The van der Waals surface area contributed by atoms with E-state index in [9.17, 15) is 4.79 Å². The summed E-state index contributed by atoms with van der Waals surface area (Å²) in [5.41, 5.74) is 1.10. The second-order valence-electron chi connectivity index (χ2n) is 4.44. The molecule has 1 saturated carbocycles. The van der Waals surface area contributed by atoms with Crippen LogP contribution in [0.25, 0.3) is 0 Å². The van der Waals surface area contributed by atoms with Crippen molar-refractivity contribution in [3.63, 3.8) is 0 Å². The minimum absolute atomic E-state index is 0.390. The fourth-order valence-electron chi connectivity index (χ4n) is 2.29. The van der Waals surface area contributed by atoms with Crippen LogP contribution in [0, 0.1) is 5.92 Å². The number of carbonyl (C=O) groups excluding carboxylic acids is 1. The van der Waals surface area contributed by atoms with Crippen LogP contribution in [0.4, 0.5) is 0 Å². The second kappa shape index (κ2) is 5.20. The fourth-order valence-corrected chi connectivity index (χ4v) is 2.77. The molecule has 1 fully saturated rings. The van der Waals surface area contributed by atoms with E-state index in [0.29, 0.717) is 28.2 Å². The lowest BCUT2D eigenvalue weighted by Gasteiger charge is -2.21. The average Bonchev–Trinajstić information content (AvgIpc) is 2.22. The van der Waals surface area contributed by atoms with Gasteiger partial charge in [0.1, 0.15) is 5.78 Å². The van der Waals surface area contributed by atoms with Crippen LogP contribution < -0.4 is 0 Å². The van der Waals surface area contributed by atoms with Crippen molar-refractivity contribution >= 4 is 29.0 Å². The van der Waals surface area contributed by atoms with Gasteiger partial charge < -0.3 is 0 Å². The molecule has 0 spiro atoms. The Morgan fingerprint density at radius 2 is 2.12 bits per heavy atom. The molecule has 0 radical (unpaired) electrons. The van der Waals surface area contributed by atoms with Crippen LogP contribution in [-0.2, 0) is 11.2 Å². The topological polar surface area (TPSA) is 17.1 Å². The van der Waals surface area contributed by atoms with Gasteiger partial charge in [0, 0.05) is 22.9 Å². The number of ketones is 1. The first-order valence-corrected chi connectivity index (χ1v) is 6.36. The molecule has 0 aliphatic heterocycles. The smallest absolute Gasteiger partial charge is 0.133 e. The van der Waals surface area contributed by atoms with E-state index >= 15 is 0 Å². The third-order valence-corrected chi connectivity index (χ3v) is 3.69. The Morgan fingerprint density at radius 3 is 2.81 bits per heavy atom. The van der Waals surface area contributed by atoms with E-state index in [2.05, 4.69) is 0 Å². The summed E-state index contributed by atoms with van der Waals surface area (Å²) < 4.78 is 0. The molecule has 0 N–H and O–H groups in total. The third-order valence-electron chi connectivity index (χ3n) is 3.11. The molecule has 1 aromatic carbocycles. The summed E-state index contributed by atoms with van der Waals surface area (Å²) >= 11 is 12.0. The molecule has 2 rings (SSSR count). The highest BCUT2D eigenvalue weighted by Crippen LogP contribution is 2.29. The Morgan fingerprint density at radius 1 is 1.31 bits per heavy atom. The zero-order valence-electron chi connectivity index (χ0n) is 9.01. The van der Waals surface area contributed by atoms with Crippen LogP contribution in [0.5, 0.6) is 0 Å². The van der Waals surface area contributed by atoms with E-state index < -0.39 is 0 Å². The molecule has 0 amide bonds. The molecule has 1 aromatic rings. The molecule has 1 aliphatic carbocycles. The maximum atomic E-state index is 11.3. The molecule has 1 nitrogen and oxygen atoms in total. The largest absolute Gasteiger partial charge is 0.300 e. The van der Waals surface area contributed by atoms with Crippen LogP contribution in [0.1, 0.15) is 31.2 Å². The fraction of sp³-hybridized carbons (Fsp3) is 0.462. The number of rotatable bonds is 2. The summed E-state index contributed by atoms with van der Waals surface area (Å²) in [6.07, 6.45) is 4.50. The quantitative estimate of drug-likeness (QED) is 0.772. The van der Waals surface area contributed by atoms with Gasteiger partial charge in [-0.2, -0.15) is 0 Å². The normalized spacial score (nSPS) is 21.1. The van der Waals surface area contributed by atoms with Crippen molar-refractivity contribution in [1.29, 1.82) is 0 Å². The van der Waals surface area contributed by atoms with Crippen molar-refractivity contribution in [2.75, 3.05) is 0 Å². The Balaban J connectivity index is 2.05. The minimum atomic E-state index is 0.390. The van der Waals surface area contributed by atoms with E-state index in [1.54, 1.807) is 6.07 Å². The number of hydrogen-bond donors (Lipinski definition) is 0. The molecule has 0 bridgehead atoms. The van der Waals surface area contributed by atoms with E-state index in [0.717, 1.165) is 31.2 Å². The molecular formula is C13H14Cl2O. The lowest BCUT2D eigenvalue weighted by molar-refractivity contribution is -0.121. The van der Waals surface area contributed by atoms with Gasteiger partial charge in [0.05, 0.1) is 0 Å². The maximum Gasteiger partial charge on any atom is 0.133 e. The zero-order valence-corrected chi connectivity index (χ0v) is 10.5. The Labute approximate surface area is 106 Å². The molecule has 0 heterocycles. The van der Waals surface area contributed by atoms with Gasteiger partial charge in [0.15, 0.2) is 0 Å². The van der Waals surface area contributed by atoms with Gasteiger partial charge in [-0.05, 0) is 42.9 Å². The molecule has 1 atom stereocenters. The van der Waals surface area contributed by atoms with Gasteiger partial charge in [-0.1, -0.05) is 29.3 Å². The Hall–Kier alpha value is -0.530. The number of hydrogen-bond acceptors (Lipinski definition) is 1. The highest BCUT2D eigenvalue weighted by atomic mass is 35.5. The van der Waals surface area contributed by atoms with E-state index in [1.165, 1.54) is 0 Å². The lowest BCUT2D eigenvalue weighted by atomic mass is 9.84. The number of Topliss-reactive ketones (excluding diaryl/α,β-unsaturated/α-hetero) is 1. The van der Waals surface area contributed by atoms with Crippen LogP contribution >= 0.6 is 23.2 Å². The SMILES string of the molecule is O=C1CCCC(Cc2ccc(Cl)cc2Cl)C1. The Bertz CT molecular complexity index is 401. The lowest BCUT2D eigenvalue weighted by Crippen LogP contribution is -2.16. The highest BCUT2D eigenvalue weighted by molar-refractivity contribution is 6.35. The summed E-state index contributed by atoms with van der Waals surface area (Å²) in [6.45, 7) is 0. The first-order valence-electron chi connectivity index (χ1n) is 5.61. The Kier molecular flexibility index (Phi) is 3.88. The average molecular weight is 257 g/mol. The monoisotopic (exact) mass is 256 g/mol. The van der Waals surface area contributed by atoms with Crippen LogP contribution in [-0.4, -0.2) is 5.78 Å². The number of halogens is 2. The van der Waals surface area contributed by atoms with Crippen LogP contribution in [0.3, 0.4) is 0 Å². The van der Waals surface area contributed by atoms with Gasteiger partial charge in [0.2, 0.25) is 0 Å². The standard InChI is InChI=1S/C13H14Cl2O/c14-11-5-4-10(13(15)8-11)6-9-2-1-3-12(16)7-9/h4-5,8-9H,1-3,6-7H2. The van der Waals surface area contributed by atoms with E-state index in [1.807, 2.05) is 12.1 Å². The van der Waals surface area contributed by atoms with Gasteiger partial charge >= 0.3 is 0 Å².